The molecule has 0 amide bonds. The summed E-state index contributed by atoms with van der Waals surface area (Å²) in [5.74, 6) is 0.402. The third kappa shape index (κ3) is 3.11. The summed E-state index contributed by atoms with van der Waals surface area (Å²) in [5.41, 5.74) is 1.07. The van der Waals surface area contributed by atoms with Crippen molar-refractivity contribution in [1.29, 1.82) is 0 Å². The van der Waals surface area contributed by atoms with Crippen LogP contribution >= 0.6 is 23.1 Å². The fourth-order valence-corrected chi connectivity index (χ4v) is 5.30. The summed E-state index contributed by atoms with van der Waals surface area (Å²) in [6.07, 6.45) is 3.07. The van der Waals surface area contributed by atoms with Crippen LogP contribution in [-0.2, 0) is 18.6 Å². The van der Waals surface area contributed by atoms with Gasteiger partial charge in [0.1, 0.15) is 10.6 Å². The van der Waals surface area contributed by atoms with Crippen LogP contribution in [0.4, 0.5) is 0 Å². The molecule has 0 spiro atoms. The lowest BCUT2D eigenvalue weighted by Gasteiger charge is -2.17. The van der Waals surface area contributed by atoms with Crippen molar-refractivity contribution >= 4 is 39.3 Å². The maximum atomic E-state index is 12.5. The smallest absolute Gasteiger partial charge is 0.371 e. The van der Waals surface area contributed by atoms with Crippen molar-refractivity contribution in [2.45, 2.75) is 37.1 Å². The number of carbonyl (C=O) groups is 1. The van der Waals surface area contributed by atoms with Crippen LogP contribution in [0, 0.1) is 5.92 Å². The number of aryl methyl sites for hydroxylation is 1. The number of thiophene rings is 1. The van der Waals surface area contributed by atoms with Gasteiger partial charge in [-0.3, -0.25) is 4.79 Å². The Balaban J connectivity index is 1.60. The molecule has 25 heavy (non-hydrogen) atoms. The Bertz CT molecular complexity index is 1020. The molecule has 3 heterocycles. The van der Waals surface area contributed by atoms with Gasteiger partial charge in [0.05, 0.1) is 11.1 Å². The number of fused-ring (bicyclic) bond motifs is 3. The van der Waals surface area contributed by atoms with Gasteiger partial charge in [-0.05, 0) is 42.9 Å². The lowest BCUT2D eigenvalue weighted by molar-refractivity contribution is 0.0661. The molecule has 2 N–H and O–H groups in total. The SMILES string of the molecule is CC1CCc2c(sc3nc(SCc4ccc(C(=O)O)o4)[nH]c(=O)c23)C1. The van der Waals surface area contributed by atoms with Crippen LogP contribution < -0.4 is 5.56 Å². The molecule has 8 heteroatoms. The molecule has 0 saturated carbocycles. The van der Waals surface area contributed by atoms with Gasteiger partial charge in [-0.1, -0.05) is 18.7 Å². The quantitative estimate of drug-likeness (QED) is 0.532. The van der Waals surface area contributed by atoms with E-state index in [0.717, 1.165) is 29.5 Å². The fraction of sp³-hybridized carbons (Fsp3) is 0.353. The average Bonchev–Trinajstić information content (AvgIpc) is 3.16. The number of nitrogens with zero attached hydrogens (tertiary/aromatic N) is 1. The van der Waals surface area contributed by atoms with Crippen molar-refractivity contribution in [2.75, 3.05) is 0 Å². The van der Waals surface area contributed by atoms with Crippen LogP contribution in [0.5, 0.6) is 0 Å². The number of aromatic nitrogens is 2. The first-order valence-corrected chi connectivity index (χ1v) is 9.81. The second-order valence-electron chi connectivity index (χ2n) is 6.26. The number of hydrogen-bond acceptors (Lipinski definition) is 6. The first-order valence-electron chi connectivity index (χ1n) is 8.00. The zero-order chi connectivity index (χ0) is 17.6. The van der Waals surface area contributed by atoms with Crippen molar-refractivity contribution in [3.63, 3.8) is 0 Å². The van der Waals surface area contributed by atoms with Gasteiger partial charge < -0.3 is 14.5 Å². The molecule has 130 valence electrons. The van der Waals surface area contributed by atoms with Gasteiger partial charge in [0, 0.05) is 4.88 Å². The van der Waals surface area contributed by atoms with Gasteiger partial charge in [0.15, 0.2) is 5.16 Å². The summed E-state index contributed by atoms with van der Waals surface area (Å²) in [6.45, 7) is 2.24. The van der Waals surface area contributed by atoms with Crippen molar-refractivity contribution in [3.8, 4) is 0 Å². The van der Waals surface area contributed by atoms with Gasteiger partial charge in [-0.2, -0.15) is 0 Å². The van der Waals surface area contributed by atoms with Gasteiger partial charge in [0.2, 0.25) is 5.76 Å². The summed E-state index contributed by atoms with van der Waals surface area (Å²) < 4.78 is 5.23. The van der Waals surface area contributed by atoms with E-state index in [4.69, 9.17) is 9.52 Å². The first-order chi connectivity index (χ1) is 12.0. The predicted molar refractivity (Wildman–Crippen MR) is 96.7 cm³/mol. The fourth-order valence-electron chi connectivity index (χ4n) is 3.11. The highest BCUT2D eigenvalue weighted by atomic mass is 32.2. The zero-order valence-corrected chi connectivity index (χ0v) is 15.1. The van der Waals surface area contributed by atoms with Crippen LogP contribution in [0.3, 0.4) is 0 Å². The number of carboxylic acid groups (broad SMARTS) is 1. The topological polar surface area (TPSA) is 96.2 Å². The summed E-state index contributed by atoms with van der Waals surface area (Å²) >= 11 is 2.94. The van der Waals surface area contributed by atoms with Crippen LogP contribution in [-0.4, -0.2) is 21.0 Å². The van der Waals surface area contributed by atoms with E-state index in [1.807, 2.05) is 0 Å². The van der Waals surface area contributed by atoms with Crippen LogP contribution in [0.2, 0.25) is 0 Å². The minimum absolute atomic E-state index is 0.0902. The lowest BCUT2D eigenvalue weighted by Crippen LogP contribution is -2.13. The molecular weight excluding hydrogens is 360 g/mol. The number of aromatic amines is 1. The van der Waals surface area contributed by atoms with Crippen molar-refractivity contribution < 1.29 is 14.3 Å². The number of aromatic carboxylic acids is 1. The number of thioether (sulfide) groups is 1. The highest BCUT2D eigenvalue weighted by Gasteiger charge is 2.23. The summed E-state index contributed by atoms with van der Waals surface area (Å²) in [6, 6.07) is 3.05. The number of rotatable bonds is 4. The van der Waals surface area contributed by atoms with Gasteiger partial charge in [0.25, 0.3) is 5.56 Å². The third-order valence-electron chi connectivity index (χ3n) is 4.37. The molecule has 4 rings (SSSR count). The Kier molecular flexibility index (Phi) is 4.16. The minimum Gasteiger partial charge on any atom is -0.475 e. The zero-order valence-electron chi connectivity index (χ0n) is 13.5. The maximum Gasteiger partial charge on any atom is 0.371 e. The molecule has 0 radical (unpaired) electrons. The van der Waals surface area contributed by atoms with Crippen molar-refractivity contribution in [1.82, 2.24) is 9.97 Å². The predicted octanol–water partition coefficient (Wildman–Crippen LogP) is 3.69. The van der Waals surface area contributed by atoms with Crippen LogP contribution in [0.1, 0.15) is 40.1 Å². The van der Waals surface area contributed by atoms with Gasteiger partial charge in [-0.15, -0.1) is 11.3 Å². The number of furan rings is 1. The van der Waals surface area contributed by atoms with Crippen LogP contribution in [0.25, 0.3) is 10.2 Å². The molecule has 0 aromatic carbocycles. The van der Waals surface area contributed by atoms with E-state index in [-0.39, 0.29) is 11.3 Å². The number of nitrogens with one attached hydrogen (secondary N) is 1. The molecule has 0 aliphatic heterocycles. The molecule has 3 aromatic heterocycles. The van der Waals surface area contributed by atoms with E-state index in [1.165, 1.54) is 28.3 Å². The lowest BCUT2D eigenvalue weighted by atomic mass is 9.89. The second-order valence-corrected chi connectivity index (χ2v) is 8.31. The number of hydrogen-bond donors (Lipinski definition) is 2. The van der Waals surface area contributed by atoms with E-state index >= 15 is 0 Å². The van der Waals surface area contributed by atoms with E-state index < -0.39 is 5.97 Å². The summed E-state index contributed by atoms with van der Waals surface area (Å²) in [7, 11) is 0. The molecule has 1 aliphatic carbocycles. The molecule has 1 unspecified atom stereocenters. The molecule has 6 nitrogen and oxygen atoms in total. The number of H-pyrrole nitrogens is 1. The monoisotopic (exact) mass is 376 g/mol. The number of carboxylic acids is 1. The highest BCUT2D eigenvalue weighted by molar-refractivity contribution is 7.98. The molecule has 0 saturated heterocycles. The maximum absolute atomic E-state index is 12.5. The molecule has 0 fully saturated rings. The Morgan fingerprint density at radius 1 is 1.52 bits per heavy atom. The molecule has 1 atom stereocenters. The van der Waals surface area contributed by atoms with Crippen molar-refractivity contribution in [3.05, 3.63) is 44.4 Å². The molecule has 1 aliphatic rings. The molecule has 0 bridgehead atoms. The highest BCUT2D eigenvalue weighted by Crippen LogP contribution is 2.36. The van der Waals surface area contributed by atoms with Gasteiger partial charge in [-0.25, -0.2) is 9.78 Å². The van der Waals surface area contributed by atoms with E-state index in [9.17, 15) is 9.59 Å². The Labute approximate surface area is 151 Å². The first kappa shape index (κ1) is 16.4. The average molecular weight is 376 g/mol. The second kappa shape index (κ2) is 6.34. The summed E-state index contributed by atoms with van der Waals surface area (Å²) in [4.78, 5) is 32.9. The standard InChI is InChI=1S/C17H16N2O4S2/c1-8-2-4-10-12(6-8)25-15-13(10)14(20)18-17(19-15)24-7-9-3-5-11(23-9)16(21)22/h3,5,8H,2,4,6-7H2,1H3,(H,21,22)(H,18,19,20). The van der Waals surface area contributed by atoms with Crippen molar-refractivity contribution in [2.24, 2.45) is 5.92 Å². The normalized spacial score (nSPS) is 16.9. The summed E-state index contributed by atoms with van der Waals surface area (Å²) in [5, 5.41) is 10.1. The Hall–Kier alpha value is -2.06. The molecule has 3 aromatic rings. The van der Waals surface area contributed by atoms with Crippen LogP contribution in [0.15, 0.2) is 26.5 Å². The Morgan fingerprint density at radius 3 is 3.12 bits per heavy atom. The van der Waals surface area contributed by atoms with Gasteiger partial charge >= 0.3 is 5.97 Å². The minimum atomic E-state index is -1.09. The molecular formula is C17H16N2O4S2. The van der Waals surface area contributed by atoms with E-state index in [2.05, 4.69) is 16.9 Å². The Morgan fingerprint density at radius 2 is 2.36 bits per heavy atom. The van der Waals surface area contributed by atoms with E-state index in [0.29, 0.717) is 22.6 Å². The van der Waals surface area contributed by atoms with E-state index in [1.54, 1.807) is 17.4 Å². The largest absolute Gasteiger partial charge is 0.475 e. The third-order valence-corrected chi connectivity index (χ3v) is 6.41.